The van der Waals surface area contributed by atoms with E-state index in [1.54, 1.807) is 0 Å². The second-order valence-corrected chi connectivity index (χ2v) is 5.10. The normalized spacial score (nSPS) is 16.3. The summed E-state index contributed by atoms with van der Waals surface area (Å²) in [6.07, 6.45) is 3.41. The highest BCUT2D eigenvalue weighted by Gasteiger charge is 2.16. The third-order valence-corrected chi connectivity index (χ3v) is 3.43. The first-order chi connectivity index (χ1) is 8.77. The summed E-state index contributed by atoms with van der Waals surface area (Å²) in [5.74, 6) is 0. The maximum Gasteiger partial charge on any atom is 0.0971 e. The lowest BCUT2D eigenvalue weighted by atomic mass is 10.0. The van der Waals surface area contributed by atoms with Crippen molar-refractivity contribution >= 4 is 16.5 Å². The second kappa shape index (κ2) is 4.58. The topological polar surface area (TPSA) is 29.9 Å². The number of para-hydroxylation sites is 1. The van der Waals surface area contributed by atoms with Crippen molar-refractivity contribution in [1.29, 1.82) is 0 Å². The highest BCUT2D eigenvalue weighted by atomic mass is 15.3. The van der Waals surface area contributed by atoms with Gasteiger partial charge in [0, 0.05) is 18.0 Å². The van der Waals surface area contributed by atoms with E-state index in [-0.39, 0.29) is 0 Å². The highest BCUT2D eigenvalue weighted by molar-refractivity contribution is 5.91. The number of benzene rings is 1. The quantitative estimate of drug-likeness (QED) is 0.876. The fraction of sp³-hybridized carbons (Fsp3) is 0.400. The summed E-state index contributed by atoms with van der Waals surface area (Å²) in [5.41, 5.74) is 3.71. The smallest absolute Gasteiger partial charge is 0.0971 e. The molecule has 18 heavy (non-hydrogen) atoms. The minimum absolute atomic E-state index is 0.390. The summed E-state index contributed by atoms with van der Waals surface area (Å²) in [6.45, 7) is 6.36. The summed E-state index contributed by atoms with van der Waals surface area (Å²) in [7, 11) is 0. The zero-order valence-corrected chi connectivity index (χ0v) is 11.0. The Bertz CT molecular complexity index is 593. The Hall–Kier alpha value is -1.61. The maximum absolute atomic E-state index is 4.82. The molecule has 0 aliphatic carbocycles. The van der Waals surface area contributed by atoms with Crippen molar-refractivity contribution in [1.82, 2.24) is 15.1 Å². The highest BCUT2D eigenvalue weighted by Crippen LogP contribution is 2.27. The van der Waals surface area contributed by atoms with E-state index in [1.807, 2.05) is 0 Å². The van der Waals surface area contributed by atoms with E-state index in [0.29, 0.717) is 6.04 Å². The summed E-state index contributed by atoms with van der Waals surface area (Å²) in [5, 5.41) is 9.50. The van der Waals surface area contributed by atoms with Crippen molar-refractivity contribution in [2.24, 2.45) is 0 Å². The van der Waals surface area contributed by atoms with E-state index in [2.05, 4.69) is 54.2 Å². The van der Waals surface area contributed by atoms with Gasteiger partial charge in [-0.1, -0.05) is 24.3 Å². The van der Waals surface area contributed by atoms with Crippen LogP contribution in [0, 0.1) is 0 Å². The first kappa shape index (κ1) is 11.5. The fourth-order valence-corrected chi connectivity index (χ4v) is 2.54. The van der Waals surface area contributed by atoms with E-state index in [9.17, 15) is 0 Å². The van der Waals surface area contributed by atoms with Crippen LogP contribution >= 0.6 is 0 Å². The van der Waals surface area contributed by atoms with Crippen molar-refractivity contribution in [2.75, 3.05) is 13.1 Å². The van der Waals surface area contributed by atoms with E-state index >= 15 is 0 Å². The van der Waals surface area contributed by atoms with E-state index < -0.39 is 0 Å². The van der Waals surface area contributed by atoms with E-state index in [4.69, 9.17) is 5.10 Å². The minimum Gasteiger partial charge on any atom is -0.312 e. The van der Waals surface area contributed by atoms with Crippen LogP contribution in [-0.4, -0.2) is 22.9 Å². The molecule has 0 amide bonds. The van der Waals surface area contributed by atoms with Crippen LogP contribution in [0.25, 0.3) is 16.5 Å². The Kier molecular flexibility index (Phi) is 2.92. The standard InChI is InChI=1S/C15H19N3/c1-11(2)18-14-8-4-3-7-13(14)15(17-18)12-6-5-9-16-10-12/h3-4,6-8,11,16H,5,9-10H2,1-2H3. The number of fused-ring (bicyclic) bond motifs is 1. The van der Waals surface area contributed by atoms with Gasteiger partial charge >= 0.3 is 0 Å². The molecule has 0 atom stereocenters. The Morgan fingerprint density at radius 2 is 2.11 bits per heavy atom. The number of nitrogens with one attached hydrogen (secondary N) is 1. The lowest BCUT2D eigenvalue weighted by molar-refractivity contribution is 0.548. The first-order valence-electron chi connectivity index (χ1n) is 6.65. The predicted molar refractivity (Wildman–Crippen MR) is 75.6 cm³/mol. The molecule has 2 heterocycles. The van der Waals surface area contributed by atoms with Gasteiger partial charge in [0.1, 0.15) is 0 Å². The van der Waals surface area contributed by atoms with Crippen molar-refractivity contribution in [3.63, 3.8) is 0 Å². The van der Waals surface area contributed by atoms with Crippen molar-refractivity contribution in [2.45, 2.75) is 26.3 Å². The largest absolute Gasteiger partial charge is 0.312 e. The number of hydrogen-bond acceptors (Lipinski definition) is 2. The third-order valence-electron chi connectivity index (χ3n) is 3.43. The van der Waals surface area contributed by atoms with Gasteiger partial charge in [-0.05, 0) is 38.5 Å². The number of aromatic nitrogens is 2. The average molecular weight is 241 g/mol. The maximum atomic E-state index is 4.82. The Morgan fingerprint density at radius 1 is 1.28 bits per heavy atom. The van der Waals surface area contributed by atoms with Gasteiger partial charge in [-0.2, -0.15) is 5.10 Å². The van der Waals surface area contributed by atoms with Gasteiger partial charge in [-0.3, -0.25) is 4.68 Å². The predicted octanol–water partition coefficient (Wildman–Crippen LogP) is 2.99. The van der Waals surface area contributed by atoms with E-state index in [0.717, 1.165) is 25.2 Å². The molecule has 3 nitrogen and oxygen atoms in total. The molecule has 0 spiro atoms. The van der Waals surface area contributed by atoms with Gasteiger partial charge in [0.25, 0.3) is 0 Å². The molecule has 1 N–H and O–H groups in total. The molecule has 0 bridgehead atoms. The van der Waals surface area contributed by atoms with Crippen LogP contribution in [0.3, 0.4) is 0 Å². The fourth-order valence-electron chi connectivity index (χ4n) is 2.54. The summed E-state index contributed by atoms with van der Waals surface area (Å²) >= 11 is 0. The lowest BCUT2D eigenvalue weighted by Crippen LogP contribution is -2.21. The molecule has 3 rings (SSSR count). The van der Waals surface area contributed by atoms with E-state index in [1.165, 1.54) is 16.5 Å². The molecule has 3 heteroatoms. The minimum atomic E-state index is 0.390. The van der Waals surface area contributed by atoms with Crippen LogP contribution < -0.4 is 5.32 Å². The van der Waals surface area contributed by atoms with Crippen LogP contribution in [0.1, 0.15) is 32.0 Å². The molecular formula is C15H19N3. The Labute approximate surface area is 107 Å². The molecule has 0 fully saturated rings. The first-order valence-corrected chi connectivity index (χ1v) is 6.65. The number of nitrogens with zero attached hydrogens (tertiary/aromatic N) is 2. The van der Waals surface area contributed by atoms with Crippen LogP contribution in [0.15, 0.2) is 30.3 Å². The van der Waals surface area contributed by atoms with Crippen molar-refractivity contribution in [3.8, 4) is 0 Å². The summed E-state index contributed by atoms with van der Waals surface area (Å²) in [4.78, 5) is 0. The monoisotopic (exact) mass is 241 g/mol. The Morgan fingerprint density at radius 3 is 2.83 bits per heavy atom. The Balaban J connectivity index is 2.20. The molecule has 94 valence electrons. The van der Waals surface area contributed by atoms with Crippen molar-refractivity contribution in [3.05, 3.63) is 36.0 Å². The van der Waals surface area contributed by atoms with Gasteiger partial charge in [0.2, 0.25) is 0 Å². The van der Waals surface area contributed by atoms with Crippen LogP contribution in [0.4, 0.5) is 0 Å². The van der Waals surface area contributed by atoms with Crippen molar-refractivity contribution < 1.29 is 0 Å². The second-order valence-electron chi connectivity index (χ2n) is 5.10. The average Bonchev–Trinajstić information content (AvgIpc) is 2.79. The molecule has 1 aliphatic rings. The molecule has 0 saturated carbocycles. The number of rotatable bonds is 2. The van der Waals surface area contributed by atoms with Gasteiger partial charge in [-0.15, -0.1) is 0 Å². The molecular weight excluding hydrogens is 222 g/mol. The zero-order chi connectivity index (χ0) is 12.5. The zero-order valence-electron chi connectivity index (χ0n) is 11.0. The molecule has 2 aromatic rings. The van der Waals surface area contributed by atoms with Gasteiger partial charge in [0.05, 0.1) is 11.2 Å². The SMILES string of the molecule is CC(C)n1nc(C2=CCCNC2)c2ccccc21. The third kappa shape index (κ3) is 1.85. The van der Waals surface area contributed by atoms with Crippen LogP contribution in [0.2, 0.25) is 0 Å². The molecule has 1 aliphatic heterocycles. The van der Waals surface area contributed by atoms with Crippen LogP contribution in [-0.2, 0) is 0 Å². The number of hydrogen-bond donors (Lipinski definition) is 1. The van der Waals surface area contributed by atoms with Gasteiger partial charge in [0.15, 0.2) is 0 Å². The molecule has 0 radical (unpaired) electrons. The summed E-state index contributed by atoms with van der Waals surface area (Å²) in [6, 6.07) is 8.89. The van der Waals surface area contributed by atoms with Crippen LogP contribution in [0.5, 0.6) is 0 Å². The van der Waals surface area contributed by atoms with Gasteiger partial charge in [-0.25, -0.2) is 0 Å². The molecule has 1 aromatic heterocycles. The lowest BCUT2D eigenvalue weighted by Gasteiger charge is -2.12. The molecule has 0 saturated heterocycles. The van der Waals surface area contributed by atoms with Gasteiger partial charge < -0.3 is 5.32 Å². The molecule has 0 unspecified atom stereocenters. The summed E-state index contributed by atoms with van der Waals surface area (Å²) < 4.78 is 2.13. The molecule has 1 aromatic carbocycles.